The van der Waals surface area contributed by atoms with Crippen molar-refractivity contribution in [1.82, 2.24) is 9.21 Å². The van der Waals surface area contributed by atoms with E-state index >= 15 is 0 Å². The monoisotopic (exact) mass is 431 g/mol. The van der Waals surface area contributed by atoms with E-state index in [1.807, 2.05) is 17.9 Å². The number of ketones is 1. The number of rotatable bonds is 4. The largest absolute Gasteiger partial charge is 0.300 e. The van der Waals surface area contributed by atoms with Crippen LogP contribution in [0.5, 0.6) is 0 Å². The third-order valence-corrected chi connectivity index (χ3v) is 7.61. The predicted octanol–water partition coefficient (Wildman–Crippen LogP) is 1.94. The summed E-state index contributed by atoms with van der Waals surface area (Å²) in [5.74, 6) is -1.98. The summed E-state index contributed by atoms with van der Waals surface area (Å²) in [4.78, 5) is 28.0. The third-order valence-electron chi connectivity index (χ3n) is 5.55. The molecule has 0 N–H and O–H groups in total. The highest BCUT2D eigenvalue weighted by Crippen LogP contribution is 2.30. The van der Waals surface area contributed by atoms with Crippen LogP contribution >= 0.6 is 0 Å². The van der Waals surface area contributed by atoms with Crippen molar-refractivity contribution in [3.63, 3.8) is 0 Å². The maximum Gasteiger partial charge on any atom is 0.300 e. The number of halogens is 1. The minimum absolute atomic E-state index is 0.0658. The average molecular weight is 431 g/mol. The number of nitrogens with zero attached hydrogens (tertiary/aromatic N) is 3. The average Bonchev–Trinajstić information content (AvgIpc) is 2.92. The zero-order valence-corrected chi connectivity index (χ0v) is 17.6. The van der Waals surface area contributed by atoms with Gasteiger partial charge in [-0.15, -0.1) is 0 Å². The standard InChI is InChI=1S/C21H22FN3O4S/c1-14-3-6-19(15(2)11-14)30(28,29)24-9-7-23(8-10-24)13-25-18-5-4-16(22)12-17(18)20(26)21(25)27/h3-6,11-12H,7-10,13H2,1-2H3. The van der Waals surface area contributed by atoms with E-state index in [1.165, 1.54) is 21.3 Å². The molecule has 158 valence electrons. The third kappa shape index (κ3) is 3.53. The van der Waals surface area contributed by atoms with Crippen LogP contribution < -0.4 is 4.90 Å². The number of sulfonamides is 1. The zero-order valence-electron chi connectivity index (χ0n) is 16.8. The maximum atomic E-state index is 13.4. The van der Waals surface area contributed by atoms with Gasteiger partial charge in [-0.2, -0.15) is 4.31 Å². The lowest BCUT2D eigenvalue weighted by Crippen LogP contribution is -2.52. The van der Waals surface area contributed by atoms with Crippen LogP contribution in [0.25, 0.3) is 0 Å². The molecule has 1 saturated heterocycles. The van der Waals surface area contributed by atoms with Crippen molar-refractivity contribution in [3.8, 4) is 0 Å². The second-order valence-corrected chi connectivity index (χ2v) is 9.56. The molecule has 2 aromatic rings. The van der Waals surface area contributed by atoms with Gasteiger partial charge in [0.15, 0.2) is 0 Å². The molecular formula is C21H22FN3O4S. The molecule has 0 unspecified atom stereocenters. The first-order valence-corrected chi connectivity index (χ1v) is 11.1. The predicted molar refractivity (Wildman–Crippen MR) is 109 cm³/mol. The zero-order chi connectivity index (χ0) is 21.6. The molecule has 30 heavy (non-hydrogen) atoms. The Kier molecular flexibility index (Phi) is 5.21. The lowest BCUT2D eigenvalue weighted by Gasteiger charge is -2.36. The molecule has 0 aliphatic carbocycles. The SMILES string of the molecule is Cc1ccc(S(=O)(=O)N2CCN(CN3C(=O)C(=O)c4cc(F)ccc43)CC2)c(C)c1. The van der Waals surface area contributed by atoms with E-state index in [0.29, 0.717) is 29.2 Å². The fraction of sp³-hybridized carbons (Fsp3) is 0.333. The first-order valence-electron chi connectivity index (χ1n) is 9.64. The first-order chi connectivity index (χ1) is 14.2. The maximum absolute atomic E-state index is 13.4. The van der Waals surface area contributed by atoms with E-state index in [0.717, 1.165) is 11.6 Å². The normalized spacial score (nSPS) is 18.2. The van der Waals surface area contributed by atoms with Gasteiger partial charge in [-0.25, -0.2) is 12.8 Å². The van der Waals surface area contributed by atoms with E-state index in [9.17, 15) is 22.4 Å². The molecule has 0 aromatic heterocycles. The van der Waals surface area contributed by atoms with Gasteiger partial charge in [0, 0.05) is 26.2 Å². The second kappa shape index (κ2) is 7.57. The Labute approximate surface area is 174 Å². The highest BCUT2D eigenvalue weighted by molar-refractivity contribution is 7.89. The number of carbonyl (C=O) groups excluding carboxylic acids is 2. The van der Waals surface area contributed by atoms with Crippen LogP contribution in [0, 0.1) is 19.7 Å². The van der Waals surface area contributed by atoms with Crippen molar-refractivity contribution in [3.05, 3.63) is 58.9 Å². The molecule has 2 aliphatic heterocycles. The molecule has 0 atom stereocenters. The molecule has 0 bridgehead atoms. The molecular weight excluding hydrogens is 409 g/mol. The summed E-state index contributed by atoms with van der Waals surface area (Å²) in [7, 11) is -3.60. The number of Topliss-reactive ketones (excluding diaryl/α,β-unsaturated/α-hetero) is 1. The topological polar surface area (TPSA) is 78.0 Å². The number of fused-ring (bicyclic) bond motifs is 1. The van der Waals surface area contributed by atoms with E-state index in [4.69, 9.17) is 0 Å². The first kappa shape index (κ1) is 20.6. The quantitative estimate of drug-likeness (QED) is 0.692. The van der Waals surface area contributed by atoms with Crippen molar-refractivity contribution in [2.45, 2.75) is 18.7 Å². The molecule has 2 aromatic carbocycles. The second-order valence-electron chi connectivity index (χ2n) is 7.66. The van der Waals surface area contributed by atoms with Gasteiger partial charge in [0.2, 0.25) is 10.0 Å². The molecule has 4 rings (SSSR count). The lowest BCUT2D eigenvalue weighted by molar-refractivity contribution is -0.114. The van der Waals surface area contributed by atoms with Crippen LogP contribution in [0.15, 0.2) is 41.3 Å². The fourth-order valence-corrected chi connectivity index (χ4v) is 5.58. The van der Waals surface area contributed by atoms with Gasteiger partial charge in [-0.3, -0.25) is 19.4 Å². The Morgan fingerprint density at radius 2 is 1.67 bits per heavy atom. The van der Waals surface area contributed by atoms with E-state index in [2.05, 4.69) is 0 Å². The Morgan fingerprint density at radius 1 is 0.967 bits per heavy atom. The smallest absolute Gasteiger partial charge is 0.291 e. The van der Waals surface area contributed by atoms with E-state index < -0.39 is 27.5 Å². The lowest BCUT2D eigenvalue weighted by atomic mass is 10.1. The number of benzene rings is 2. The summed E-state index contributed by atoms with van der Waals surface area (Å²) in [6, 6.07) is 8.98. The van der Waals surface area contributed by atoms with Crippen molar-refractivity contribution < 1.29 is 22.4 Å². The highest BCUT2D eigenvalue weighted by atomic mass is 32.2. The molecule has 1 fully saturated rings. The minimum atomic E-state index is -3.60. The van der Waals surface area contributed by atoms with Gasteiger partial charge in [0.25, 0.3) is 5.78 Å². The minimum Gasteiger partial charge on any atom is -0.291 e. The number of piperazine rings is 1. The number of carbonyl (C=O) groups is 2. The van der Waals surface area contributed by atoms with Gasteiger partial charge in [-0.05, 0) is 43.7 Å². The number of hydrogen-bond donors (Lipinski definition) is 0. The van der Waals surface area contributed by atoms with Gasteiger partial charge in [0.1, 0.15) is 5.82 Å². The number of hydrogen-bond acceptors (Lipinski definition) is 5. The summed E-state index contributed by atoms with van der Waals surface area (Å²) in [6.07, 6.45) is 0. The Bertz CT molecular complexity index is 1140. The van der Waals surface area contributed by atoms with Crippen LogP contribution in [-0.2, 0) is 14.8 Å². The van der Waals surface area contributed by atoms with Gasteiger partial charge < -0.3 is 0 Å². The molecule has 9 heteroatoms. The molecule has 2 aliphatic rings. The fourth-order valence-electron chi connectivity index (χ4n) is 3.95. The van der Waals surface area contributed by atoms with Gasteiger partial charge in [-0.1, -0.05) is 17.7 Å². The van der Waals surface area contributed by atoms with E-state index in [1.54, 1.807) is 19.1 Å². The molecule has 7 nitrogen and oxygen atoms in total. The number of aryl methyl sites for hydroxylation is 2. The van der Waals surface area contributed by atoms with Crippen LogP contribution in [0.1, 0.15) is 21.5 Å². The highest BCUT2D eigenvalue weighted by Gasteiger charge is 2.38. The van der Waals surface area contributed by atoms with Crippen LogP contribution in [0.2, 0.25) is 0 Å². The molecule has 1 amide bonds. The Hall–Kier alpha value is -2.62. The summed E-state index contributed by atoms with van der Waals surface area (Å²) < 4.78 is 40.9. The van der Waals surface area contributed by atoms with Crippen molar-refractivity contribution in [2.75, 3.05) is 37.7 Å². The molecule has 0 radical (unpaired) electrons. The number of anilines is 1. The summed E-state index contributed by atoms with van der Waals surface area (Å²) >= 11 is 0. The van der Waals surface area contributed by atoms with Crippen molar-refractivity contribution >= 4 is 27.4 Å². The summed E-state index contributed by atoms with van der Waals surface area (Å²) in [5.41, 5.74) is 2.16. The van der Waals surface area contributed by atoms with Gasteiger partial charge in [0.05, 0.1) is 22.8 Å². The Balaban J connectivity index is 1.46. The van der Waals surface area contributed by atoms with E-state index in [-0.39, 0.29) is 25.3 Å². The van der Waals surface area contributed by atoms with Crippen LogP contribution in [0.3, 0.4) is 0 Å². The summed E-state index contributed by atoms with van der Waals surface area (Å²) in [6.45, 7) is 5.24. The molecule has 2 heterocycles. The number of amides is 1. The van der Waals surface area contributed by atoms with Gasteiger partial charge >= 0.3 is 5.91 Å². The summed E-state index contributed by atoms with van der Waals surface area (Å²) in [5, 5.41) is 0. The van der Waals surface area contributed by atoms with Crippen LogP contribution in [-0.4, -0.2) is 62.2 Å². The molecule has 0 saturated carbocycles. The van der Waals surface area contributed by atoms with Crippen molar-refractivity contribution in [2.24, 2.45) is 0 Å². The van der Waals surface area contributed by atoms with Crippen LogP contribution in [0.4, 0.5) is 10.1 Å². The van der Waals surface area contributed by atoms with Crippen molar-refractivity contribution in [1.29, 1.82) is 0 Å². The molecule has 0 spiro atoms. The Morgan fingerprint density at radius 3 is 2.33 bits per heavy atom.